The Kier molecular flexibility index (Phi) is 7.61. The van der Waals surface area contributed by atoms with Crippen molar-refractivity contribution in [2.45, 2.75) is 30.6 Å². The number of halogens is 1. The number of hydrogen-bond acceptors (Lipinski definition) is 5. The molecular formula is C20H31FN4O3S. The van der Waals surface area contributed by atoms with Crippen molar-refractivity contribution < 1.29 is 17.6 Å². The van der Waals surface area contributed by atoms with Gasteiger partial charge in [0.2, 0.25) is 10.0 Å². The number of carbonyl (C=O) groups is 1. The first-order valence-electron chi connectivity index (χ1n) is 10.4. The molecule has 9 heteroatoms. The topological polar surface area (TPSA) is 73.0 Å². The minimum Gasteiger partial charge on any atom is -0.352 e. The summed E-state index contributed by atoms with van der Waals surface area (Å²) in [5, 5.41) is 2.82. The van der Waals surface area contributed by atoms with Crippen molar-refractivity contribution in [3.8, 4) is 0 Å². The Morgan fingerprint density at radius 3 is 2.45 bits per heavy atom. The van der Waals surface area contributed by atoms with Crippen LogP contribution >= 0.6 is 0 Å². The standard InChI is InChI=1S/C20H31FN4O3S/c1-23-12-14-24(15-13-23)9-5-8-22-20(26)17-6-7-18(21)19(16-17)29(27,28)25-10-3-2-4-11-25/h6-7,16H,2-5,8-15H2,1H3,(H,22,26). The normalized spacial score (nSPS) is 19.9. The number of piperidine rings is 1. The van der Waals surface area contributed by atoms with Crippen molar-refractivity contribution in [2.24, 2.45) is 0 Å². The minimum atomic E-state index is -3.93. The maximum atomic E-state index is 14.3. The van der Waals surface area contributed by atoms with E-state index in [9.17, 15) is 17.6 Å². The second-order valence-electron chi connectivity index (χ2n) is 7.86. The highest BCUT2D eigenvalue weighted by Crippen LogP contribution is 2.24. The summed E-state index contributed by atoms with van der Waals surface area (Å²) in [4.78, 5) is 16.7. The van der Waals surface area contributed by atoms with Gasteiger partial charge in [0.05, 0.1) is 0 Å². The van der Waals surface area contributed by atoms with Crippen LogP contribution in [0.1, 0.15) is 36.0 Å². The summed E-state index contributed by atoms with van der Waals surface area (Å²) < 4.78 is 41.2. The molecule has 0 unspecified atom stereocenters. The van der Waals surface area contributed by atoms with Crippen molar-refractivity contribution in [1.82, 2.24) is 19.4 Å². The maximum Gasteiger partial charge on any atom is 0.251 e. The predicted molar refractivity (Wildman–Crippen MR) is 110 cm³/mol. The zero-order chi connectivity index (χ0) is 20.9. The lowest BCUT2D eigenvalue weighted by atomic mass is 10.2. The number of carbonyl (C=O) groups excluding carboxylic acids is 1. The molecule has 2 heterocycles. The summed E-state index contributed by atoms with van der Waals surface area (Å²) in [5.41, 5.74) is 0.168. The fourth-order valence-corrected chi connectivity index (χ4v) is 5.37. The van der Waals surface area contributed by atoms with Crippen LogP contribution in [0.2, 0.25) is 0 Å². The van der Waals surface area contributed by atoms with Crippen LogP contribution in [-0.2, 0) is 10.0 Å². The van der Waals surface area contributed by atoms with Gasteiger partial charge < -0.3 is 15.1 Å². The molecule has 0 atom stereocenters. The SMILES string of the molecule is CN1CCN(CCCNC(=O)c2ccc(F)c(S(=O)(=O)N3CCCCC3)c2)CC1. The molecule has 2 saturated heterocycles. The number of nitrogens with one attached hydrogen (secondary N) is 1. The molecule has 0 bridgehead atoms. The van der Waals surface area contributed by atoms with Crippen LogP contribution in [-0.4, -0.2) is 87.8 Å². The Bertz CT molecular complexity index is 804. The molecule has 1 N–H and O–H groups in total. The van der Waals surface area contributed by atoms with E-state index in [0.29, 0.717) is 19.6 Å². The summed E-state index contributed by atoms with van der Waals surface area (Å²) >= 11 is 0. The third-order valence-corrected chi connectivity index (χ3v) is 7.57. The fraction of sp³-hybridized carbons (Fsp3) is 0.650. The molecule has 29 heavy (non-hydrogen) atoms. The second-order valence-corrected chi connectivity index (χ2v) is 9.77. The number of rotatable bonds is 7. The molecule has 0 aliphatic carbocycles. The molecule has 7 nitrogen and oxygen atoms in total. The summed E-state index contributed by atoms with van der Waals surface area (Å²) in [6, 6.07) is 3.56. The van der Waals surface area contributed by atoms with Gasteiger partial charge in [-0.2, -0.15) is 4.31 Å². The van der Waals surface area contributed by atoms with Gasteiger partial charge in [-0.15, -0.1) is 0 Å². The molecule has 0 saturated carbocycles. The molecule has 0 aromatic heterocycles. The predicted octanol–water partition coefficient (Wildman–Crippen LogP) is 1.37. The van der Waals surface area contributed by atoms with Crippen molar-refractivity contribution >= 4 is 15.9 Å². The number of hydrogen-bond donors (Lipinski definition) is 1. The van der Waals surface area contributed by atoms with Crippen LogP contribution < -0.4 is 5.32 Å². The first-order chi connectivity index (χ1) is 13.9. The van der Waals surface area contributed by atoms with E-state index in [1.54, 1.807) is 0 Å². The van der Waals surface area contributed by atoms with Gasteiger partial charge in [-0.1, -0.05) is 6.42 Å². The summed E-state index contributed by atoms with van der Waals surface area (Å²) in [7, 11) is -1.81. The fourth-order valence-electron chi connectivity index (χ4n) is 3.76. The van der Waals surface area contributed by atoms with Gasteiger partial charge in [0.15, 0.2) is 0 Å². The van der Waals surface area contributed by atoms with E-state index in [-0.39, 0.29) is 11.5 Å². The lowest BCUT2D eigenvalue weighted by Crippen LogP contribution is -2.45. The lowest BCUT2D eigenvalue weighted by molar-refractivity contribution is 0.0949. The number of benzene rings is 1. The smallest absolute Gasteiger partial charge is 0.251 e. The number of amides is 1. The number of likely N-dealkylation sites (N-methyl/N-ethyl adjacent to an activating group) is 1. The average Bonchev–Trinajstić information content (AvgIpc) is 2.73. The van der Waals surface area contributed by atoms with Crippen molar-refractivity contribution in [1.29, 1.82) is 0 Å². The Hall–Kier alpha value is -1.55. The Morgan fingerprint density at radius 1 is 1.07 bits per heavy atom. The maximum absolute atomic E-state index is 14.3. The molecular weight excluding hydrogens is 395 g/mol. The van der Waals surface area contributed by atoms with E-state index in [0.717, 1.165) is 70.5 Å². The molecule has 3 rings (SSSR count). The Balaban J connectivity index is 1.56. The van der Waals surface area contributed by atoms with Gasteiger partial charge in [-0.25, -0.2) is 12.8 Å². The van der Waals surface area contributed by atoms with Gasteiger partial charge in [0, 0.05) is 51.4 Å². The molecule has 2 fully saturated rings. The number of nitrogens with zero attached hydrogens (tertiary/aromatic N) is 3. The number of sulfonamides is 1. The van der Waals surface area contributed by atoms with E-state index in [1.165, 1.54) is 10.4 Å². The van der Waals surface area contributed by atoms with Crippen LogP contribution in [0, 0.1) is 5.82 Å². The molecule has 2 aliphatic heterocycles. The van der Waals surface area contributed by atoms with Gasteiger partial charge >= 0.3 is 0 Å². The summed E-state index contributed by atoms with van der Waals surface area (Å²) in [6.45, 7) is 6.35. The third kappa shape index (κ3) is 5.75. The van der Waals surface area contributed by atoms with Crippen molar-refractivity contribution in [2.75, 3.05) is 59.4 Å². The van der Waals surface area contributed by atoms with E-state index < -0.39 is 20.7 Å². The van der Waals surface area contributed by atoms with Crippen LogP contribution in [0.4, 0.5) is 4.39 Å². The van der Waals surface area contributed by atoms with E-state index in [4.69, 9.17) is 0 Å². The molecule has 162 valence electrons. The first kappa shape index (κ1) is 22.1. The molecule has 0 radical (unpaired) electrons. The van der Waals surface area contributed by atoms with E-state index in [2.05, 4.69) is 22.2 Å². The molecule has 1 aromatic carbocycles. The zero-order valence-corrected chi connectivity index (χ0v) is 17.9. The van der Waals surface area contributed by atoms with Gasteiger partial charge in [0.25, 0.3) is 5.91 Å². The quantitative estimate of drug-likeness (QED) is 0.667. The zero-order valence-electron chi connectivity index (χ0n) is 17.1. The first-order valence-corrected chi connectivity index (χ1v) is 11.8. The van der Waals surface area contributed by atoms with E-state index >= 15 is 0 Å². The highest BCUT2D eigenvalue weighted by Gasteiger charge is 2.29. The molecule has 2 aliphatic rings. The number of piperazine rings is 1. The van der Waals surface area contributed by atoms with Crippen LogP contribution in [0.5, 0.6) is 0 Å². The van der Waals surface area contributed by atoms with E-state index in [1.807, 2.05) is 0 Å². The van der Waals surface area contributed by atoms with Crippen LogP contribution in [0.3, 0.4) is 0 Å². The highest BCUT2D eigenvalue weighted by molar-refractivity contribution is 7.89. The summed E-state index contributed by atoms with van der Waals surface area (Å²) in [6.07, 6.45) is 3.34. The summed E-state index contributed by atoms with van der Waals surface area (Å²) in [5.74, 6) is -1.19. The lowest BCUT2D eigenvalue weighted by Gasteiger charge is -2.32. The average molecular weight is 427 g/mol. The van der Waals surface area contributed by atoms with Crippen LogP contribution in [0.15, 0.2) is 23.1 Å². The third-order valence-electron chi connectivity index (χ3n) is 5.66. The van der Waals surface area contributed by atoms with Gasteiger partial charge in [-0.05, 0) is 51.1 Å². The molecule has 1 amide bonds. The second kappa shape index (κ2) is 9.97. The molecule has 0 spiro atoms. The highest BCUT2D eigenvalue weighted by atomic mass is 32.2. The Morgan fingerprint density at radius 2 is 1.76 bits per heavy atom. The van der Waals surface area contributed by atoms with Crippen LogP contribution in [0.25, 0.3) is 0 Å². The van der Waals surface area contributed by atoms with Gasteiger partial charge in [-0.3, -0.25) is 4.79 Å². The van der Waals surface area contributed by atoms with Crippen molar-refractivity contribution in [3.05, 3.63) is 29.6 Å². The van der Waals surface area contributed by atoms with Crippen molar-refractivity contribution in [3.63, 3.8) is 0 Å². The largest absolute Gasteiger partial charge is 0.352 e. The molecule has 1 aromatic rings. The monoisotopic (exact) mass is 426 g/mol. The minimum absolute atomic E-state index is 0.168. The Labute approximate surface area is 172 Å². The van der Waals surface area contributed by atoms with Gasteiger partial charge in [0.1, 0.15) is 10.7 Å².